The number of aryl methyl sites for hydroxylation is 2. The number of nitrogen functional groups attached to an aromatic ring is 1. The molecule has 0 radical (unpaired) electrons. The van der Waals surface area contributed by atoms with E-state index in [1.165, 1.54) is 18.2 Å². The van der Waals surface area contributed by atoms with Gasteiger partial charge in [0.2, 0.25) is 0 Å². The molecule has 2 rings (SSSR count). The van der Waals surface area contributed by atoms with E-state index in [-0.39, 0.29) is 16.4 Å². The maximum Gasteiger partial charge on any atom is 0.263 e. The van der Waals surface area contributed by atoms with Crippen molar-refractivity contribution in [3.63, 3.8) is 0 Å². The van der Waals surface area contributed by atoms with Gasteiger partial charge in [0.15, 0.2) is 0 Å². The molecule has 0 saturated heterocycles. The molecule has 0 fully saturated rings. The number of anilines is 2. The van der Waals surface area contributed by atoms with Crippen molar-refractivity contribution in [1.82, 2.24) is 4.98 Å². The summed E-state index contributed by atoms with van der Waals surface area (Å²) in [6.07, 6.45) is 0. The summed E-state index contributed by atoms with van der Waals surface area (Å²) >= 11 is 5.78. The zero-order valence-electron chi connectivity index (χ0n) is 11.0. The summed E-state index contributed by atoms with van der Waals surface area (Å²) < 4.78 is 26.9. The van der Waals surface area contributed by atoms with Crippen molar-refractivity contribution in [2.24, 2.45) is 0 Å². The Labute approximate surface area is 122 Å². The van der Waals surface area contributed by atoms with Gasteiger partial charge in [0.25, 0.3) is 10.0 Å². The van der Waals surface area contributed by atoms with Gasteiger partial charge in [-0.05, 0) is 49.7 Å². The summed E-state index contributed by atoms with van der Waals surface area (Å²) in [5, 5.41) is 0.313. The standard InChI is InChI=1S/C13H14ClN3O2S/c1-8-5-9(2)16-13(6-8)17-20(18,19)10-3-4-11(14)12(15)7-10/h3-7H,15H2,1-2H3,(H,16,17). The van der Waals surface area contributed by atoms with Gasteiger partial charge in [-0.2, -0.15) is 0 Å². The van der Waals surface area contributed by atoms with Crippen molar-refractivity contribution in [2.45, 2.75) is 18.7 Å². The Morgan fingerprint density at radius 3 is 2.50 bits per heavy atom. The summed E-state index contributed by atoms with van der Waals surface area (Å²) in [7, 11) is -3.74. The lowest BCUT2D eigenvalue weighted by Crippen LogP contribution is -2.14. The highest BCUT2D eigenvalue weighted by atomic mass is 35.5. The molecule has 0 aliphatic heterocycles. The molecule has 0 bridgehead atoms. The van der Waals surface area contributed by atoms with Crippen molar-refractivity contribution in [2.75, 3.05) is 10.5 Å². The van der Waals surface area contributed by atoms with E-state index in [9.17, 15) is 8.42 Å². The molecule has 0 atom stereocenters. The normalized spacial score (nSPS) is 11.3. The maximum atomic E-state index is 12.2. The Morgan fingerprint density at radius 2 is 1.90 bits per heavy atom. The molecule has 1 aromatic carbocycles. The topological polar surface area (TPSA) is 85.1 Å². The number of hydrogen-bond donors (Lipinski definition) is 2. The highest BCUT2D eigenvalue weighted by Crippen LogP contribution is 2.23. The minimum atomic E-state index is -3.74. The predicted molar refractivity (Wildman–Crippen MR) is 80.4 cm³/mol. The van der Waals surface area contributed by atoms with Gasteiger partial charge in [-0.15, -0.1) is 0 Å². The molecule has 5 nitrogen and oxygen atoms in total. The number of halogens is 1. The summed E-state index contributed by atoms with van der Waals surface area (Å²) in [4.78, 5) is 4.18. The molecule has 7 heteroatoms. The molecular weight excluding hydrogens is 298 g/mol. The Hall–Kier alpha value is -1.79. The molecule has 106 valence electrons. The molecule has 3 N–H and O–H groups in total. The highest BCUT2D eigenvalue weighted by molar-refractivity contribution is 7.92. The second kappa shape index (κ2) is 5.30. The molecule has 20 heavy (non-hydrogen) atoms. The van der Waals surface area contributed by atoms with Crippen LogP contribution in [0.2, 0.25) is 5.02 Å². The Balaban J connectivity index is 2.37. The average molecular weight is 312 g/mol. The van der Waals surface area contributed by atoms with Gasteiger partial charge in [-0.25, -0.2) is 13.4 Å². The summed E-state index contributed by atoms with van der Waals surface area (Å²) in [5.41, 5.74) is 7.49. The first-order valence-corrected chi connectivity index (χ1v) is 7.67. The van der Waals surface area contributed by atoms with Gasteiger partial charge in [0.05, 0.1) is 15.6 Å². The van der Waals surface area contributed by atoms with E-state index in [4.69, 9.17) is 17.3 Å². The quantitative estimate of drug-likeness (QED) is 0.853. The first-order valence-electron chi connectivity index (χ1n) is 5.81. The van der Waals surface area contributed by atoms with Crippen molar-refractivity contribution in [3.05, 3.63) is 46.6 Å². The van der Waals surface area contributed by atoms with Gasteiger partial charge in [-0.3, -0.25) is 4.72 Å². The lowest BCUT2D eigenvalue weighted by atomic mass is 10.2. The fraction of sp³-hybridized carbons (Fsp3) is 0.154. The van der Waals surface area contributed by atoms with Crippen LogP contribution in [0.5, 0.6) is 0 Å². The summed E-state index contributed by atoms with van der Waals surface area (Å²) in [5.74, 6) is 0.274. The van der Waals surface area contributed by atoms with Crippen LogP contribution < -0.4 is 10.5 Å². The lowest BCUT2D eigenvalue weighted by molar-refractivity contribution is 0.601. The molecular formula is C13H14ClN3O2S. The fourth-order valence-corrected chi connectivity index (χ4v) is 2.92. The Morgan fingerprint density at radius 1 is 1.20 bits per heavy atom. The van der Waals surface area contributed by atoms with Gasteiger partial charge in [0.1, 0.15) is 5.82 Å². The van der Waals surface area contributed by atoms with Crippen LogP contribution in [0.1, 0.15) is 11.3 Å². The fourth-order valence-electron chi connectivity index (χ4n) is 1.78. The van der Waals surface area contributed by atoms with Crippen molar-refractivity contribution >= 4 is 33.1 Å². The van der Waals surface area contributed by atoms with E-state index in [1.807, 2.05) is 13.0 Å². The first kappa shape index (κ1) is 14.6. The number of nitrogens with two attached hydrogens (primary N) is 1. The highest BCUT2D eigenvalue weighted by Gasteiger charge is 2.16. The smallest absolute Gasteiger partial charge is 0.263 e. The van der Waals surface area contributed by atoms with Crippen molar-refractivity contribution in [1.29, 1.82) is 0 Å². The summed E-state index contributed by atoms with van der Waals surface area (Å²) in [6, 6.07) is 7.67. The van der Waals surface area contributed by atoms with Gasteiger partial charge >= 0.3 is 0 Å². The van der Waals surface area contributed by atoms with Gasteiger partial charge in [0, 0.05) is 5.69 Å². The van der Waals surface area contributed by atoms with E-state index >= 15 is 0 Å². The molecule has 0 aliphatic rings. The number of rotatable bonds is 3. The van der Waals surface area contributed by atoms with Crippen LogP contribution in [-0.4, -0.2) is 13.4 Å². The van der Waals surface area contributed by atoms with Crippen LogP contribution in [0.3, 0.4) is 0 Å². The number of nitrogens with zero attached hydrogens (tertiary/aromatic N) is 1. The Kier molecular flexibility index (Phi) is 3.87. The lowest BCUT2D eigenvalue weighted by Gasteiger charge is -2.09. The molecule has 0 spiro atoms. The summed E-state index contributed by atoms with van der Waals surface area (Å²) in [6.45, 7) is 3.66. The van der Waals surface area contributed by atoms with Crippen LogP contribution in [0.15, 0.2) is 35.2 Å². The molecule has 0 aliphatic carbocycles. The predicted octanol–water partition coefficient (Wildman–Crippen LogP) is 2.73. The molecule has 1 heterocycles. The average Bonchev–Trinajstić information content (AvgIpc) is 2.30. The van der Waals surface area contributed by atoms with E-state index in [0.29, 0.717) is 5.02 Å². The number of hydrogen-bond acceptors (Lipinski definition) is 4. The Bertz CT molecular complexity index is 740. The molecule has 0 amide bonds. The monoisotopic (exact) mass is 311 g/mol. The number of pyridine rings is 1. The largest absolute Gasteiger partial charge is 0.397 e. The molecule has 0 unspecified atom stereocenters. The van der Waals surface area contributed by atoms with Crippen molar-refractivity contribution in [3.8, 4) is 0 Å². The van der Waals surface area contributed by atoms with Crippen LogP contribution in [0, 0.1) is 13.8 Å². The van der Waals surface area contributed by atoms with Gasteiger partial charge in [-0.1, -0.05) is 11.6 Å². The van der Waals surface area contributed by atoms with E-state index in [0.717, 1.165) is 11.3 Å². The second-order valence-electron chi connectivity index (χ2n) is 4.46. The van der Waals surface area contributed by atoms with Gasteiger partial charge < -0.3 is 5.73 Å². The van der Waals surface area contributed by atoms with Crippen LogP contribution in [0.25, 0.3) is 0 Å². The number of nitrogens with one attached hydrogen (secondary N) is 1. The minimum Gasteiger partial charge on any atom is -0.397 e. The molecule has 1 aromatic heterocycles. The third-order valence-electron chi connectivity index (χ3n) is 2.61. The number of benzene rings is 1. The minimum absolute atomic E-state index is 0.0420. The van der Waals surface area contributed by atoms with Crippen LogP contribution in [-0.2, 0) is 10.0 Å². The van der Waals surface area contributed by atoms with Crippen molar-refractivity contribution < 1.29 is 8.42 Å². The molecule has 2 aromatic rings. The zero-order valence-corrected chi connectivity index (χ0v) is 12.6. The van der Waals surface area contributed by atoms with Crippen LogP contribution in [0.4, 0.5) is 11.5 Å². The SMILES string of the molecule is Cc1cc(C)nc(NS(=O)(=O)c2ccc(Cl)c(N)c2)c1. The third-order valence-corrected chi connectivity index (χ3v) is 4.31. The number of sulfonamides is 1. The van der Waals surface area contributed by atoms with E-state index < -0.39 is 10.0 Å². The first-order chi connectivity index (χ1) is 9.28. The van der Waals surface area contributed by atoms with E-state index in [1.54, 1.807) is 13.0 Å². The zero-order chi connectivity index (χ0) is 14.9. The van der Waals surface area contributed by atoms with E-state index in [2.05, 4.69) is 9.71 Å². The maximum absolute atomic E-state index is 12.2. The second-order valence-corrected chi connectivity index (χ2v) is 6.55. The third kappa shape index (κ3) is 3.20. The number of aromatic nitrogens is 1. The van der Waals surface area contributed by atoms with Crippen LogP contribution >= 0.6 is 11.6 Å². The molecule has 0 saturated carbocycles.